The van der Waals surface area contributed by atoms with E-state index in [-0.39, 0.29) is 17.6 Å². The van der Waals surface area contributed by atoms with E-state index >= 15 is 0 Å². The predicted molar refractivity (Wildman–Crippen MR) is 136 cm³/mol. The fourth-order valence-electron chi connectivity index (χ4n) is 4.16. The molecule has 0 radical (unpaired) electrons. The van der Waals surface area contributed by atoms with Crippen molar-refractivity contribution in [1.82, 2.24) is 9.88 Å². The van der Waals surface area contributed by atoms with Gasteiger partial charge in [-0.05, 0) is 63.3 Å². The Labute approximate surface area is 205 Å². The first-order valence-electron chi connectivity index (χ1n) is 11.8. The maximum atomic E-state index is 12.3. The summed E-state index contributed by atoms with van der Waals surface area (Å²) < 4.78 is 5.48. The SMILES string of the molecule is CC(C)(C)OC(=O)N1CCC(c2ccc(Nc3nc(-c4ccccc4)ccc3[N+](=O)[O-])cc2)CC1. The summed E-state index contributed by atoms with van der Waals surface area (Å²) >= 11 is 0. The number of aromatic nitrogens is 1. The molecule has 8 nitrogen and oxygen atoms in total. The molecule has 3 aromatic rings. The number of hydrogen-bond donors (Lipinski definition) is 1. The number of nitrogens with one attached hydrogen (secondary N) is 1. The van der Waals surface area contributed by atoms with Crippen molar-refractivity contribution in [2.75, 3.05) is 18.4 Å². The third kappa shape index (κ3) is 6.15. The van der Waals surface area contributed by atoms with Crippen LogP contribution >= 0.6 is 0 Å². The van der Waals surface area contributed by atoms with Crippen molar-refractivity contribution in [2.24, 2.45) is 0 Å². The Morgan fingerprint density at radius 2 is 1.69 bits per heavy atom. The molecule has 1 N–H and O–H groups in total. The number of ether oxygens (including phenoxy) is 1. The Bertz CT molecular complexity index is 1180. The van der Waals surface area contributed by atoms with Crippen molar-refractivity contribution in [3.05, 3.63) is 82.4 Å². The fraction of sp³-hybridized carbons (Fsp3) is 0.333. The van der Waals surface area contributed by atoms with Crippen LogP contribution in [0, 0.1) is 10.1 Å². The van der Waals surface area contributed by atoms with E-state index in [2.05, 4.69) is 10.3 Å². The lowest BCUT2D eigenvalue weighted by Crippen LogP contribution is -2.41. The van der Waals surface area contributed by atoms with Crippen molar-refractivity contribution < 1.29 is 14.5 Å². The second kappa shape index (κ2) is 10.1. The summed E-state index contributed by atoms with van der Waals surface area (Å²) in [5, 5.41) is 14.7. The number of amides is 1. The van der Waals surface area contributed by atoms with Gasteiger partial charge in [0, 0.05) is 30.4 Å². The third-order valence-electron chi connectivity index (χ3n) is 5.93. The highest BCUT2D eigenvalue weighted by Crippen LogP contribution is 2.32. The van der Waals surface area contributed by atoms with Gasteiger partial charge in [0.15, 0.2) is 0 Å². The minimum absolute atomic E-state index is 0.0803. The number of anilines is 2. The van der Waals surface area contributed by atoms with E-state index in [1.165, 1.54) is 11.6 Å². The standard InChI is InChI=1S/C27H30N4O4/c1-27(2,3)35-26(32)30-17-15-20(16-18-30)19-9-11-22(12-10-19)28-25-24(31(33)34)14-13-23(29-25)21-7-5-4-6-8-21/h4-14,20H,15-18H2,1-3H3,(H,28,29). The van der Waals surface area contributed by atoms with Gasteiger partial charge >= 0.3 is 11.8 Å². The van der Waals surface area contributed by atoms with Crippen molar-refractivity contribution in [2.45, 2.75) is 45.1 Å². The van der Waals surface area contributed by atoms with Crippen LogP contribution < -0.4 is 5.32 Å². The van der Waals surface area contributed by atoms with Gasteiger partial charge in [-0.2, -0.15) is 0 Å². The number of rotatable bonds is 5. The van der Waals surface area contributed by atoms with Crippen molar-refractivity contribution in [1.29, 1.82) is 0 Å². The highest BCUT2D eigenvalue weighted by atomic mass is 16.6. The van der Waals surface area contributed by atoms with Crippen LogP contribution in [0.15, 0.2) is 66.7 Å². The Hall–Kier alpha value is -3.94. The summed E-state index contributed by atoms with van der Waals surface area (Å²) in [6.45, 7) is 6.92. The van der Waals surface area contributed by atoms with E-state index in [4.69, 9.17) is 4.74 Å². The van der Waals surface area contributed by atoms with E-state index < -0.39 is 10.5 Å². The van der Waals surface area contributed by atoms with E-state index in [0.717, 1.165) is 24.1 Å². The molecule has 35 heavy (non-hydrogen) atoms. The number of hydrogen-bond acceptors (Lipinski definition) is 6. The van der Waals surface area contributed by atoms with Crippen LogP contribution in [-0.4, -0.2) is 39.6 Å². The molecule has 0 saturated carbocycles. The molecule has 8 heteroatoms. The maximum Gasteiger partial charge on any atom is 0.410 e. The van der Waals surface area contributed by atoms with Crippen LogP contribution in [0.25, 0.3) is 11.3 Å². The minimum Gasteiger partial charge on any atom is -0.444 e. The van der Waals surface area contributed by atoms with E-state index in [0.29, 0.717) is 24.7 Å². The summed E-state index contributed by atoms with van der Waals surface area (Å²) in [5.74, 6) is 0.548. The number of nitro groups is 1. The quantitative estimate of drug-likeness (QED) is 0.334. The van der Waals surface area contributed by atoms with Gasteiger partial charge < -0.3 is 15.0 Å². The molecule has 1 amide bonds. The van der Waals surface area contributed by atoms with Crippen molar-refractivity contribution in [3.8, 4) is 11.3 Å². The Morgan fingerprint density at radius 3 is 2.29 bits per heavy atom. The third-order valence-corrected chi connectivity index (χ3v) is 5.93. The molecule has 0 spiro atoms. The van der Waals surface area contributed by atoms with E-state index in [1.54, 1.807) is 11.0 Å². The Kier molecular flexibility index (Phi) is 7.00. The Balaban J connectivity index is 1.44. The largest absolute Gasteiger partial charge is 0.444 e. The molecule has 182 valence electrons. The van der Waals surface area contributed by atoms with Crippen LogP contribution in [0.5, 0.6) is 0 Å². The highest BCUT2D eigenvalue weighted by Gasteiger charge is 2.27. The summed E-state index contributed by atoms with van der Waals surface area (Å²) in [4.78, 5) is 29.7. The van der Waals surface area contributed by atoms with E-state index in [9.17, 15) is 14.9 Å². The molecule has 2 heterocycles. The van der Waals surface area contributed by atoms with Gasteiger partial charge in [-0.1, -0.05) is 42.5 Å². The number of nitrogens with zero attached hydrogens (tertiary/aromatic N) is 3. The number of pyridine rings is 1. The van der Waals surface area contributed by atoms with E-state index in [1.807, 2.05) is 75.4 Å². The lowest BCUT2D eigenvalue weighted by atomic mass is 9.89. The topological polar surface area (TPSA) is 97.6 Å². The van der Waals surface area contributed by atoms with Gasteiger partial charge in [0.05, 0.1) is 10.6 Å². The summed E-state index contributed by atoms with van der Waals surface area (Å²) in [6, 6.07) is 20.6. The van der Waals surface area contributed by atoms with Crippen LogP contribution in [0.4, 0.5) is 22.0 Å². The van der Waals surface area contributed by atoms with Crippen LogP contribution in [0.1, 0.15) is 45.1 Å². The van der Waals surface area contributed by atoms with Gasteiger partial charge in [-0.15, -0.1) is 0 Å². The maximum absolute atomic E-state index is 12.3. The molecular formula is C27H30N4O4. The molecule has 1 aliphatic heterocycles. The fourth-order valence-corrected chi connectivity index (χ4v) is 4.16. The van der Waals surface area contributed by atoms with Crippen molar-refractivity contribution in [3.63, 3.8) is 0 Å². The lowest BCUT2D eigenvalue weighted by molar-refractivity contribution is -0.384. The molecule has 0 bridgehead atoms. The molecule has 2 aromatic carbocycles. The smallest absolute Gasteiger partial charge is 0.410 e. The molecule has 1 aliphatic rings. The zero-order valence-electron chi connectivity index (χ0n) is 20.2. The average molecular weight is 475 g/mol. The first kappa shape index (κ1) is 24.2. The summed E-state index contributed by atoms with van der Waals surface area (Å²) in [7, 11) is 0. The zero-order chi connectivity index (χ0) is 25.0. The predicted octanol–water partition coefficient (Wildman–Crippen LogP) is 6.51. The monoisotopic (exact) mass is 474 g/mol. The molecule has 0 atom stereocenters. The van der Waals surface area contributed by atoms with Gasteiger partial charge in [0.25, 0.3) is 0 Å². The van der Waals surface area contributed by atoms with Gasteiger partial charge in [-0.25, -0.2) is 9.78 Å². The van der Waals surface area contributed by atoms with Crippen LogP contribution in [0.2, 0.25) is 0 Å². The van der Waals surface area contributed by atoms with Crippen molar-refractivity contribution >= 4 is 23.3 Å². The summed E-state index contributed by atoms with van der Waals surface area (Å²) in [6.07, 6.45) is 1.46. The number of piperidine rings is 1. The molecular weight excluding hydrogens is 444 g/mol. The molecule has 4 rings (SSSR count). The number of benzene rings is 2. The highest BCUT2D eigenvalue weighted by molar-refractivity contribution is 5.71. The van der Waals surface area contributed by atoms with Crippen LogP contribution in [-0.2, 0) is 4.74 Å². The lowest BCUT2D eigenvalue weighted by Gasteiger charge is -2.33. The van der Waals surface area contributed by atoms with Crippen LogP contribution in [0.3, 0.4) is 0 Å². The first-order valence-corrected chi connectivity index (χ1v) is 11.8. The number of carbonyl (C=O) groups excluding carboxylic acids is 1. The number of likely N-dealkylation sites (tertiary alicyclic amines) is 1. The molecule has 1 saturated heterocycles. The first-order chi connectivity index (χ1) is 16.7. The minimum atomic E-state index is -0.499. The molecule has 1 fully saturated rings. The molecule has 0 aliphatic carbocycles. The summed E-state index contributed by atoms with van der Waals surface area (Å²) in [5.41, 5.74) is 2.87. The van der Waals surface area contributed by atoms with Gasteiger partial charge in [0.1, 0.15) is 5.60 Å². The average Bonchev–Trinajstić information content (AvgIpc) is 2.84. The second-order valence-electron chi connectivity index (χ2n) is 9.68. The molecule has 1 aromatic heterocycles. The second-order valence-corrected chi connectivity index (χ2v) is 9.68. The normalized spacial score (nSPS) is 14.4. The Morgan fingerprint density at radius 1 is 1.03 bits per heavy atom. The van der Waals surface area contributed by atoms with Gasteiger partial charge in [-0.3, -0.25) is 10.1 Å². The van der Waals surface area contributed by atoms with Gasteiger partial charge in [0.2, 0.25) is 5.82 Å². The molecule has 0 unspecified atom stereocenters. The number of carbonyl (C=O) groups is 1. The zero-order valence-corrected chi connectivity index (χ0v) is 20.2.